The van der Waals surface area contributed by atoms with Crippen LogP contribution in [0.15, 0.2) is 60.9 Å². The fraction of sp³-hybridized carbons (Fsp3) is 0.273. The maximum absolute atomic E-state index is 12.5. The molecule has 0 fully saturated rings. The summed E-state index contributed by atoms with van der Waals surface area (Å²) in [6, 6.07) is 15.5. The van der Waals surface area contributed by atoms with Crippen molar-refractivity contribution in [3.63, 3.8) is 0 Å². The Balaban J connectivity index is 1.86. The molecule has 0 saturated carbocycles. The summed E-state index contributed by atoms with van der Waals surface area (Å²) in [6.45, 7) is 3.41. The monoisotopic (exact) mass is 375 g/mol. The van der Waals surface area contributed by atoms with Crippen LogP contribution in [0, 0.1) is 0 Å². The number of hydrogen-bond acceptors (Lipinski definition) is 5. The zero-order valence-corrected chi connectivity index (χ0v) is 16.3. The topological polar surface area (TPSA) is 71.0 Å². The third-order valence-electron chi connectivity index (χ3n) is 4.39. The number of benzene rings is 1. The standard InChI is InChI=1S/C22H25N5O/c1-3-12-24-22(28)19-16-20(26-21(25-19)18-7-5-4-6-8-18)27(2)15-11-17-9-13-23-14-10-17/h4-10,13-14,16H,3,11-12,15H2,1-2H3,(H,24,28). The predicted molar refractivity (Wildman–Crippen MR) is 111 cm³/mol. The molecule has 0 spiro atoms. The first kappa shape index (κ1) is 19.5. The largest absolute Gasteiger partial charge is 0.359 e. The minimum absolute atomic E-state index is 0.176. The summed E-state index contributed by atoms with van der Waals surface area (Å²) in [5.41, 5.74) is 2.48. The minimum Gasteiger partial charge on any atom is -0.359 e. The van der Waals surface area contributed by atoms with Gasteiger partial charge in [-0.2, -0.15) is 0 Å². The molecule has 1 amide bonds. The average Bonchev–Trinajstić information content (AvgIpc) is 2.76. The highest BCUT2D eigenvalue weighted by Crippen LogP contribution is 2.20. The van der Waals surface area contributed by atoms with Gasteiger partial charge < -0.3 is 10.2 Å². The number of amides is 1. The Morgan fingerprint density at radius 3 is 2.54 bits per heavy atom. The highest BCUT2D eigenvalue weighted by molar-refractivity contribution is 5.93. The van der Waals surface area contributed by atoms with Crippen LogP contribution in [-0.4, -0.2) is 41.0 Å². The number of carbonyl (C=O) groups excluding carboxylic acids is 1. The molecule has 1 N–H and O–H groups in total. The van der Waals surface area contributed by atoms with E-state index < -0.39 is 0 Å². The van der Waals surface area contributed by atoms with E-state index in [1.165, 1.54) is 5.56 Å². The summed E-state index contributed by atoms with van der Waals surface area (Å²) in [4.78, 5) is 27.8. The maximum atomic E-state index is 12.5. The van der Waals surface area contributed by atoms with Gasteiger partial charge in [-0.3, -0.25) is 9.78 Å². The first-order valence-corrected chi connectivity index (χ1v) is 9.50. The lowest BCUT2D eigenvalue weighted by Gasteiger charge is -2.19. The Bertz CT molecular complexity index is 899. The van der Waals surface area contributed by atoms with Gasteiger partial charge in [-0.1, -0.05) is 37.3 Å². The highest BCUT2D eigenvalue weighted by Gasteiger charge is 2.15. The molecular formula is C22H25N5O. The Morgan fingerprint density at radius 2 is 1.82 bits per heavy atom. The van der Waals surface area contributed by atoms with Crippen molar-refractivity contribution in [3.8, 4) is 11.4 Å². The van der Waals surface area contributed by atoms with E-state index in [4.69, 9.17) is 4.98 Å². The molecule has 0 radical (unpaired) electrons. The fourth-order valence-corrected chi connectivity index (χ4v) is 2.75. The van der Waals surface area contributed by atoms with Crippen molar-refractivity contribution in [1.29, 1.82) is 0 Å². The van der Waals surface area contributed by atoms with Crippen LogP contribution in [-0.2, 0) is 6.42 Å². The number of pyridine rings is 1. The predicted octanol–water partition coefficient (Wildman–Crippen LogP) is 3.36. The van der Waals surface area contributed by atoms with E-state index in [-0.39, 0.29) is 5.91 Å². The zero-order chi connectivity index (χ0) is 19.8. The second-order valence-corrected chi connectivity index (χ2v) is 6.58. The number of carbonyl (C=O) groups is 1. The molecule has 0 aliphatic carbocycles. The number of likely N-dealkylation sites (N-methyl/N-ethyl adjacent to an activating group) is 1. The second-order valence-electron chi connectivity index (χ2n) is 6.58. The molecule has 28 heavy (non-hydrogen) atoms. The lowest BCUT2D eigenvalue weighted by atomic mass is 10.2. The highest BCUT2D eigenvalue weighted by atomic mass is 16.1. The number of anilines is 1. The maximum Gasteiger partial charge on any atom is 0.270 e. The van der Waals surface area contributed by atoms with Crippen molar-refractivity contribution in [2.24, 2.45) is 0 Å². The molecule has 0 aliphatic heterocycles. The van der Waals surface area contributed by atoms with Crippen LogP contribution in [0.25, 0.3) is 11.4 Å². The molecule has 2 aromatic heterocycles. The smallest absolute Gasteiger partial charge is 0.270 e. The molecule has 0 unspecified atom stereocenters. The Kier molecular flexibility index (Phi) is 6.68. The van der Waals surface area contributed by atoms with Crippen LogP contribution >= 0.6 is 0 Å². The van der Waals surface area contributed by atoms with E-state index in [0.717, 1.165) is 30.8 Å². The summed E-state index contributed by atoms with van der Waals surface area (Å²) in [5.74, 6) is 1.10. The molecule has 0 bridgehead atoms. The lowest BCUT2D eigenvalue weighted by molar-refractivity contribution is 0.0948. The second kappa shape index (κ2) is 9.60. The van der Waals surface area contributed by atoms with Crippen LogP contribution in [0.2, 0.25) is 0 Å². The van der Waals surface area contributed by atoms with Gasteiger partial charge in [-0.25, -0.2) is 9.97 Å². The molecule has 6 heteroatoms. The van der Waals surface area contributed by atoms with Crippen molar-refractivity contribution in [2.75, 3.05) is 25.0 Å². The van der Waals surface area contributed by atoms with E-state index in [2.05, 4.69) is 15.3 Å². The summed E-state index contributed by atoms with van der Waals surface area (Å²) in [5, 5.41) is 2.90. The van der Waals surface area contributed by atoms with Gasteiger partial charge in [0.1, 0.15) is 11.5 Å². The number of rotatable bonds is 8. The minimum atomic E-state index is -0.176. The fourth-order valence-electron chi connectivity index (χ4n) is 2.75. The van der Waals surface area contributed by atoms with Gasteiger partial charge in [-0.05, 0) is 30.5 Å². The number of nitrogens with one attached hydrogen (secondary N) is 1. The Hall–Kier alpha value is -3.28. The number of nitrogens with zero attached hydrogens (tertiary/aromatic N) is 4. The molecule has 1 aromatic carbocycles. The Morgan fingerprint density at radius 1 is 1.07 bits per heavy atom. The summed E-state index contributed by atoms with van der Waals surface area (Å²) >= 11 is 0. The first-order chi connectivity index (χ1) is 13.7. The van der Waals surface area contributed by atoms with Crippen LogP contribution in [0.4, 0.5) is 5.82 Å². The Labute approximate surface area is 165 Å². The van der Waals surface area contributed by atoms with Gasteiger partial charge in [0.05, 0.1) is 0 Å². The molecule has 3 aromatic rings. The van der Waals surface area contributed by atoms with Crippen molar-refractivity contribution < 1.29 is 4.79 Å². The van der Waals surface area contributed by atoms with Gasteiger partial charge in [0.2, 0.25) is 0 Å². The normalized spacial score (nSPS) is 10.5. The molecule has 0 atom stereocenters. The average molecular weight is 375 g/mol. The van der Waals surface area contributed by atoms with E-state index >= 15 is 0 Å². The molecule has 0 saturated heterocycles. The third-order valence-corrected chi connectivity index (χ3v) is 4.39. The van der Waals surface area contributed by atoms with Crippen LogP contribution in [0.3, 0.4) is 0 Å². The zero-order valence-electron chi connectivity index (χ0n) is 16.3. The summed E-state index contributed by atoms with van der Waals surface area (Å²) < 4.78 is 0. The molecule has 2 heterocycles. The quantitative estimate of drug-likeness (QED) is 0.654. The van der Waals surface area contributed by atoms with E-state index in [0.29, 0.717) is 18.1 Å². The molecule has 144 valence electrons. The van der Waals surface area contributed by atoms with Crippen molar-refractivity contribution in [3.05, 3.63) is 72.2 Å². The number of aromatic nitrogens is 3. The molecular weight excluding hydrogens is 350 g/mol. The van der Waals surface area contributed by atoms with Crippen LogP contribution in [0.5, 0.6) is 0 Å². The summed E-state index contributed by atoms with van der Waals surface area (Å²) in [7, 11) is 1.98. The molecule has 0 aliphatic rings. The SMILES string of the molecule is CCCNC(=O)c1cc(N(C)CCc2ccncc2)nc(-c2ccccc2)n1. The van der Waals surface area contributed by atoms with Gasteiger partial charge in [0.25, 0.3) is 5.91 Å². The number of hydrogen-bond donors (Lipinski definition) is 1. The molecule has 3 rings (SSSR count). The van der Waals surface area contributed by atoms with E-state index in [9.17, 15) is 4.79 Å². The first-order valence-electron chi connectivity index (χ1n) is 9.50. The van der Waals surface area contributed by atoms with Gasteiger partial charge in [-0.15, -0.1) is 0 Å². The van der Waals surface area contributed by atoms with E-state index in [1.807, 2.05) is 61.3 Å². The molecule has 6 nitrogen and oxygen atoms in total. The van der Waals surface area contributed by atoms with Crippen molar-refractivity contribution in [2.45, 2.75) is 19.8 Å². The third kappa shape index (κ3) is 5.13. The lowest BCUT2D eigenvalue weighted by Crippen LogP contribution is -2.27. The van der Waals surface area contributed by atoms with Gasteiger partial charge >= 0.3 is 0 Å². The van der Waals surface area contributed by atoms with Crippen molar-refractivity contribution >= 4 is 11.7 Å². The van der Waals surface area contributed by atoms with Gasteiger partial charge in [0, 0.05) is 44.2 Å². The van der Waals surface area contributed by atoms with Gasteiger partial charge in [0.15, 0.2) is 5.82 Å². The van der Waals surface area contributed by atoms with Crippen LogP contribution in [0.1, 0.15) is 29.4 Å². The van der Waals surface area contributed by atoms with Crippen LogP contribution < -0.4 is 10.2 Å². The summed E-state index contributed by atoms with van der Waals surface area (Å²) in [6.07, 6.45) is 5.33. The van der Waals surface area contributed by atoms with Crippen molar-refractivity contribution in [1.82, 2.24) is 20.3 Å². The van der Waals surface area contributed by atoms with E-state index in [1.54, 1.807) is 18.5 Å².